The smallest absolute Gasteiger partial charge is 0.131 e. The summed E-state index contributed by atoms with van der Waals surface area (Å²) in [6.45, 7) is 4.32. The molecule has 0 heterocycles. The van der Waals surface area contributed by atoms with Gasteiger partial charge in [-0.05, 0) is 30.9 Å². The molecular weight excluding hydrogens is 250 g/mol. The van der Waals surface area contributed by atoms with E-state index in [1.165, 1.54) is 19.3 Å². The molecule has 0 unspecified atom stereocenters. The Labute approximate surface area is 122 Å². The first-order valence-electron chi connectivity index (χ1n) is 7.57. The zero-order valence-corrected chi connectivity index (χ0v) is 13.2. The minimum atomic E-state index is -0.250. The van der Waals surface area contributed by atoms with Crippen molar-refractivity contribution in [2.24, 2.45) is 5.73 Å². The van der Waals surface area contributed by atoms with Crippen molar-refractivity contribution in [3.63, 3.8) is 0 Å². The van der Waals surface area contributed by atoms with Crippen LogP contribution in [0.2, 0.25) is 0 Å². The van der Waals surface area contributed by atoms with Crippen molar-refractivity contribution >= 4 is 0 Å². The summed E-state index contributed by atoms with van der Waals surface area (Å²) >= 11 is 0. The fourth-order valence-corrected chi connectivity index (χ4v) is 3.37. The highest BCUT2D eigenvalue weighted by Gasteiger charge is 2.34. The number of benzene rings is 1. The van der Waals surface area contributed by atoms with Gasteiger partial charge in [-0.2, -0.15) is 0 Å². The van der Waals surface area contributed by atoms with Crippen molar-refractivity contribution in [3.8, 4) is 11.5 Å². The molecule has 1 aliphatic rings. The second kappa shape index (κ2) is 6.04. The summed E-state index contributed by atoms with van der Waals surface area (Å²) < 4.78 is 11.2. The van der Waals surface area contributed by atoms with Crippen LogP contribution in [0.4, 0.5) is 0 Å². The maximum Gasteiger partial charge on any atom is 0.131 e. The summed E-state index contributed by atoms with van der Waals surface area (Å²) in [5, 5.41) is 0. The third kappa shape index (κ3) is 2.64. The number of ether oxygens (including phenoxy) is 2. The molecule has 1 aromatic carbocycles. The monoisotopic (exact) mass is 277 g/mol. The van der Waals surface area contributed by atoms with Crippen LogP contribution >= 0.6 is 0 Å². The molecule has 0 amide bonds. The molecule has 0 aliphatic heterocycles. The number of rotatable bonds is 4. The fourth-order valence-electron chi connectivity index (χ4n) is 3.37. The summed E-state index contributed by atoms with van der Waals surface area (Å²) in [5.41, 5.74) is 8.72. The lowest BCUT2D eigenvalue weighted by Crippen LogP contribution is -2.39. The number of hydrogen-bond acceptors (Lipinski definition) is 3. The molecule has 1 aliphatic carbocycles. The number of hydrogen-bond donors (Lipinski definition) is 1. The lowest BCUT2D eigenvalue weighted by atomic mass is 9.76. The Bertz CT molecular complexity index is 462. The van der Waals surface area contributed by atoms with E-state index in [1.807, 2.05) is 6.07 Å². The molecule has 2 rings (SSSR count). The Hall–Kier alpha value is -1.22. The van der Waals surface area contributed by atoms with Crippen LogP contribution in [0.3, 0.4) is 0 Å². The van der Waals surface area contributed by atoms with E-state index in [0.29, 0.717) is 5.92 Å². The van der Waals surface area contributed by atoms with Gasteiger partial charge in [-0.3, -0.25) is 0 Å². The Morgan fingerprint density at radius 2 is 1.70 bits per heavy atom. The summed E-state index contributed by atoms with van der Waals surface area (Å²) in [4.78, 5) is 0. The maximum absolute atomic E-state index is 6.70. The third-order valence-corrected chi connectivity index (χ3v) is 4.44. The molecule has 2 N–H and O–H groups in total. The van der Waals surface area contributed by atoms with Crippen LogP contribution in [-0.2, 0) is 5.54 Å². The molecule has 1 fully saturated rings. The minimum Gasteiger partial charge on any atom is -0.496 e. The average molecular weight is 277 g/mol. The molecule has 112 valence electrons. The van der Waals surface area contributed by atoms with E-state index in [2.05, 4.69) is 19.9 Å². The van der Waals surface area contributed by atoms with Crippen LogP contribution < -0.4 is 15.2 Å². The van der Waals surface area contributed by atoms with Gasteiger partial charge in [-0.15, -0.1) is 0 Å². The molecule has 0 spiro atoms. The van der Waals surface area contributed by atoms with E-state index in [4.69, 9.17) is 15.2 Å². The van der Waals surface area contributed by atoms with Crippen molar-refractivity contribution in [1.29, 1.82) is 0 Å². The SMILES string of the molecule is COc1ccc(C2(N)CCCCC2)c(OC)c1C(C)C. The summed E-state index contributed by atoms with van der Waals surface area (Å²) in [6.07, 6.45) is 5.75. The van der Waals surface area contributed by atoms with Crippen LogP contribution in [0.15, 0.2) is 12.1 Å². The van der Waals surface area contributed by atoms with Crippen molar-refractivity contribution in [2.75, 3.05) is 14.2 Å². The molecule has 0 aromatic heterocycles. The fraction of sp³-hybridized carbons (Fsp3) is 0.647. The van der Waals surface area contributed by atoms with E-state index in [-0.39, 0.29) is 5.54 Å². The minimum absolute atomic E-state index is 0.250. The van der Waals surface area contributed by atoms with E-state index in [9.17, 15) is 0 Å². The third-order valence-electron chi connectivity index (χ3n) is 4.44. The maximum atomic E-state index is 6.70. The van der Waals surface area contributed by atoms with Crippen molar-refractivity contribution in [1.82, 2.24) is 0 Å². The molecule has 1 saturated carbocycles. The first-order valence-corrected chi connectivity index (χ1v) is 7.57. The van der Waals surface area contributed by atoms with Gasteiger partial charge in [0.25, 0.3) is 0 Å². The molecule has 0 radical (unpaired) electrons. The second-order valence-corrected chi connectivity index (χ2v) is 6.13. The molecule has 0 saturated heterocycles. The highest BCUT2D eigenvalue weighted by molar-refractivity contribution is 5.54. The largest absolute Gasteiger partial charge is 0.496 e. The van der Waals surface area contributed by atoms with Gasteiger partial charge in [0.1, 0.15) is 11.5 Å². The Morgan fingerprint density at radius 1 is 1.05 bits per heavy atom. The van der Waals surface area contributed by atoms with E-state index < -0.39 is 0 Å². The predicted octanol–water partition coefficient (Wildman–Crippen LogP) is 3.95. The van der Waals surface area contributed by atoms with Gasteiger partial charge in [0.05, 0.1) is 14.2 Å². The average Bonchev–Trinajstić information content (AvgIpc) is 2.46. The molecular formula is C17H27NO2. The van der Waals surface area contributed by atoms with Crippen molar-refractivity contribution < 1.29 is 9.47 Å². The normalized spacial score (nSPS) is 18.1. The lowest BCUT2D eigenvalue weighted by Gasteiger charge is -2.36. The van der Waals surface area contributed by atoms with Crippen LogP contribution in [0.25, 0.3) is 0 Å². The number of methoxy groups -OCH3 is 2. The standard InChI is InChI=1S/C17H27NO2/c1-12(2)15-14(19-3)9-8-13(16(15)20-4)17(18)10-6-5-7-11-17/h8-9,12H,5-7,10-11,18H2,1-4H3. The quantitative estimate of drug-likeness (QED) is 0.906. The zero-order valence-electron chi connectivity index (χ0n) is 13.2. The Kier molecular flexibility index (Phi) is 4.59. The Morgan fingerprint density at radius 3 is 2.20 bits per heavy atom. The topological polar surface area (TPSA) is 44.5 Å². The highest BCUT2D eigenvalue weighted by atomic mass is 16.5. The van der Waals surface area contributed by atoms with Gasteiger partial charge < -0.3 is 15.2 Å². The van der Waals surface area contributed by atoms with Gasteiger partial charge in [0.2, 0.25) is 0 Å². The molecule has 20 heavy (non-hydrogen) atoms. The van der Waals surface area contributed by atoms with Gasteiger partial charge in [0, 0.05) is 16.7 Å². The van der Waals surface area contributed by atoms with E-state index in [1.54, 1.807) is 14.2 Å². The summed E-state index contributed by atoms with van der Waals surface area (Å²) in [7, 11) is 3.44. The Balaban J connectivity index is 2.56. The van der Waals surface area contributed by atoms with Crippen LogP contribution in [0.1, 0.15) is 63.0 Å². The first kappa shape index (κ1) is 15.2. The van der Waals surface area contributed by atoms with Gasteiger partial charge >= 0.3 is 0 Å². The van der Waals surface area contributed by atoms with E-state index in [0.717, 1.165) is 35.5 Å². The molecule has 3 nitrogen and oxygen atoms in total. The van der Waals surface area contributed by atoms with Crippen LogP contribution in [0.5, 0.6) is 11.5 Å². The predicted molar refractivity (Wildman–Crippen MR) is 82.6 cm³/mol. The summed E-state index contributed by atoms with van der Waals surface area (Å²) in [6, 6.07) is 4.13. The van der Waals surface area contributed by atoms with Crippen LogP contribution in [-0.4, -0.2) is 14.2 Å². The van der Waals surface area contributed by atoms with E-state index >= 15 is 0 Å². The molecule has 3 heteroatoms. The van der Waals surface area contributed by atoms with Crippen LogP contribution in [0, 0.1) is 0 Å². The zero-order chi connectivity index (χ0) is 14.8. The lowest BCUT2D eigenvalue weighted by molar-refractivity contribution is 0.286. The van der Waals surface area contributed by atoms with Crippen molar-refractivity contribution in [2.45, 2.75) is 57.4 Å². The van der Waals surface area contributed by atoms with Gasteiger partial charge in [-0.1, -0.05) is 33.1 Å². The molecule has 1 aromatic rings. The molecule has 0 bridgehead atoms. The first-order chi connectivity index (χ1) is 9.53. The number of nitrogens with two attached hydrogens (primary N) is 1. The highest BCUT2D eigenvalue weighted by Crippen LogP contribution is 2.45. The van der Waals surface area contributed by atoms with Crippen molar-refractivity contribution in [3.05, 3.63) is 23.3 Å². The van der Waals surface area contributed by atoms with Gasteiger partial charge in [-0.25, -0.2) is 0 Å². The van der Waals surface area contributed by atoms with Gasteiger partial charge in [0.15, 0.2) is 0 Å². The summed E-state index contributed by atoms with van der Waals surface area (Å²) in [5.74, 6) is 2.15. The molecule has 0 atom stereocenters. The second-order valence-electron chi connectivity index (χ2n) is 6.13.